The van der Waals surface area contributed by atoms with Gasteiger partial charge in [0.2, 0.25) is 0 Å². The highest BCUT2D eigenvalue weighted by Gasteiger charge is 2.53. The molecule has 106 valence electrons. The first-order chi connectivity index (χ1) is 8.91. The topological polar surface area (TPSA) is 137 Å². The summed E-state index contributed by atoms with van der Waals surface area (Å²) in [6.07, 6.45) is -2.28. The molecule has 1 aliphatic rings. The maximum atomic E-state index is 11.7. The van der Waals surface area contributed by atoms with E-state index in [9.17, 15) is 15.0 Å². The Kier molecular flexibility index (Phi) is 3.56. The van der Waals surface area contributed by atoms with Gasteiger partial charge in [0.05, 0.1) is 6.61 Å². The average molecular weight is 273 g/mol. The van der Waals surface area contributed by atoms with Gasteiger partial charge in [-0.2, -0.15) is 4.98 Å². The van der Waals surface area contributed by atoms with E-state index in [1.54, 1.807) is 5.48 Å². The minimum atomic E-state index is -1.76. The lowest BCUT2D eigenvalue weighted by atomic mass is 9.96. The van der Waals surface area contributed by atoms with Crippen molar-refractivity contribution in [2.75, 3.05) is 12.1 Å². The lowest BCUT2D eigenvalue weighted by Crippen LogP contribution is -2.46. The zero-order valence-electron chi connectivity index (χ0n) is 10.1. The SMILES string of the molecule is CC1(O)[C@@H](O)C(CO)O[C@H]1n1ccc(NO)nc1=O. The molecule has 0 aliphatic carbocycles. The van der Waals surface area contributed by atoms with Crippen LogP contribution in [-0.2, 0) is 4.74 Å². The largest absolute Gasteiger partial charge is 0.394 e. The summed E-state index contributed by atoms with van der Waals surface area (Å²) in [6.45, 7) is 0.801. The Morgan fingerprint density at radius 3 is 2.79 bits per heavy atom. The van der Waals surface area contributed by atoms with Gasteiger partial charge in [-0.1, -0.05) is 0 Å². The quantitative estimate of drug-likeness (QED) is 0.401. The molecule has 0 spiro atoms. The molecule has 1 aliphatic heterocycles. The molecule has 0 radical (unpaired) electrons. The molecule has 0 saturated carbocycles. The van der Waals surface area contributed by atoms with Crippen LogP contribution >= 0.6 is 0 Å². The first-order valence-corrected chi connectivity index (χ1v) is 5.58. The molecule has 19 heavy (non-hydrogen) atoms. The van der Waals surface area contributed by atoms with Crippen LogP contribution in [-0.4, -0.2) is 54.5 Å². The predicted octanol–water partition coefficient (Wildman–Crippen LogP) is -1.95. The number of hydrogen-bond donors (Lipinski definition) is 5. The van der Waals surface area contributed by atoms with Gasteiger partial charge in [0.25, 0.3) is 0 Å². The van der Waals surface area contributed by atoms with Crippen LogP contribution in [0, 0.1) is 0 Å². The van der Waals surface area contributed by atoms with E-state index in [1.165, 1.54) is 19.2 Å². The normalized spacial score (nSPS) is 34.5. The fourth-order valence-corrected chi connectivity index (χ4v) is 2.04. The number of aromatic nitrogens is 2. The van der Waals surface area contributed by atoms with Gasteiger partial charge in [0.1, 0.15) is 17.8 Å². The Balaban J connectivity index is 2.39. The van der Waals surface area contributed by atoms with E-state index in [0.29, 0.717) is 0 Å². The molecule has 0 amide bonds. The van der Waals surface area contributed by atoms with E-state index < -0.39 is 36.3 Å². The fourth-order valence-electron chi connectivity index (χ4n) is 2.04. The summed E-state index contributed by atoms with van der Waals surface area (Å²) < 4.78 is 6.24. The van der Waals surface area contributed by atoms with Crippen molar-refractivity contribution in [1.82, 2.24) is 9.55 Å². The van der Waals surface area contributed by atoms with Crippen molar-refractivity contribution in [3.8, 4) is 0 Å². The molecular formula is C10H15N3O6. The summed E-state index contributed by atoms with van der Waals surface area (Å²) in [5.74, 6) is -0.0573. The van der Waals surface area contributed by atoms with Gasteiger partial charge >= 0.3 is 5.69 Å². The van der Waals surface area contributed by atoms with E-state index in [0.717, 1.165) is 4.57 Å². The highest BCUT2D eigenvalue weighted by atomic mass is 16.6. The molecule has 1 saturated heterocycles. The third-order valence-electron chi connectivity index (χ3n) is 3.13. The highest BCUT2D eigenvalue weighted by Crippen LogP contribution is 2.37. The lowest BCUT2D eigenvalue weighted by Gasteiger charge is -2.27. The van der Waals surface area contributed by atoms with Gasteiger partial charge in [-0.05, 0) is 13.0 Å². The van der Waals surface area contributed by atoms with Crippen LogP contribution in [0.25, 0.3) is 0 Å². The summed E-state index contributed by atoms with van der Waals surface area (Å²) in [7, 11) is 0. The van der Waals surface area contributed by atoms with Crippen molar-refractivity contribution in [3.05, 3.63) is 22.7 Å². The Hall–Kier alpha value is -1.52. The Labute approximate surface area is 107 Å². The molecule has 2 heterocycles. The molecule has 2 rings (SSSR count). The minimum Gasteiger partial charge on any atom is -0.394 e. The fraction of sp³-hybridized carbons (Fsp3) is 0.600. The van der Waals surface area contributed by atoms with Gasteiger partial charge < -0.3 is 20.1 Å². The summed E-state index contributed by atoms with van der Waals surface area (Å²) in [6, 6.07) is 1.29. The molecule has 0 aromatic carbocycles. The zero-order valence-corrected chi connectivity index (χ0v) is 10.1. The van der Waals surface area contributed by atoms with Crippen LogP contribution in [0.15, 0.2) is 17.1 Å². The molecule has 1 fully saturated rings. The summed E-state index contributed by atoms with van der Waals surface area (Å²) >= 11 is 0. The smallest absolute Gasteiger partial charge is 0.351 e. The number of aliphatic hydroxyl groups excluding tert-OH is 2. The zero-order chi connectivity index (χ0) is 14.2. The molecule has 4 atom stereocenters. The average Bonchev–Trinajstić information content (AvgIpc) is 2.61. The van der Waals surface area contributed by atoms with E-state index in [2.05, 4.69) is 4.98 Å². The number of nitrogens with zero attached hydrogens (tertiary/aromatic N) is 2. The second-order valence-corrected chi connectivity index (χ2v) is 4.49. The maximum absolute atomic E-state index is 11.7. The van der Waals surface area contributed by atoms with Crippen molar-refractivity contribution < 1.29 is 25.3 Å². The van der Waals surface area contributed by atoms with E-state index in [4.69, 9.17) is 15.1 Å². The summed E-state index contributed by atoms with van der Waals surface area (Å²) in [4.78, 5) is 15.2. The van der Waals surface area contributed by atoms with Crippen molar-refractivity contribution in [3.63, 3.8) is 0 Å². The number of ether oxygens (including phenoxy) is 1. The standard InChI is InChI=1S/C10H15N3O6/c1-10(17)7(15)5(4-14)19-8(10)13-3-2-6(12-18)11-9(13)16/h2-3,5,7-8,14-15,17-18H,4H2,1H3,(H,11,12,16)/t5?,7-,8+,10?/m0/s1. The molecule has 2 unspecified atom stereocenters. The number of nitrogens with one attached hydrogen (secondary N) is 1. The first-order valence-electron chi connectivity index (χ1n) is 5.58. The van der Waals surface area contributed by atoms with Gasteiger partial charge in [0, 0.05) is 6.20 Å². The molecule has 5 N–H and O–H groups in total. The molecular weight excluding hydrogens is 258 g/mol. The Bertz CT molecular complexity index is 516. The van der Waals surface area contributed by atoms with Crippen LogP contribution in [0.2, 0.25) is 0 Å². The third-order valence-corrected chi connectivity index (χ3v) is 3.13. The van der Waals surface area contributed by atoms with E-state index in [1.807, 2.05) is 0 Å². The molecule has 9 heteroatoms. The maximum Gasteiger partial charge on any atom is 0.351 e. The number of rotatable bonds is 3. The van der Waals surface area contributed by atoms with Gasteiger partial charge in [-0.3, -0.25) is 15.3 Å². The van der Waals surface area contributed by atoms with Crippen molar-refractivity contribution in [2.45, 2.75) is 31.0 Å². The van der Waals surface area contributed by atoms with Crippen molar-refractivity contribution >= 4 is 5.82 Å². The van der Waals surface area contributed by atoms with Crippen LogP contribution in [0.1, 0.15) is 13.2 Å². The number of anilines is 1. The van der Waals surface area contributed by atoms with Crippen LogP contribution in [0.5, 0.6) is 0 Å². The van der Waals surface area contributed by atoms with Crippen LogP contribution in [0.4, 0.5) is 5.82 Å². The Morgan fingerprint density at radius 1 is 1.63 bits per heavy atom. The predicted molar refractivity (Wildman–Crippen MR) is 61.5 cm³/mol. The molecule has 1 aromatic rings. The van der Waals surface area contributed by atoms with Crippen LogP contribution in [0.3, 0.4) is 0 Å². The summed E-state index contributed by atoms with van der Waals surface area (Å²) in [5, 5.41) is 37.7. The summed E-state index contributed by atoms with van der Waals surface area (Å²) in [5.41, 5.74) is -0.821. The van der Waals surface area contributed by atoms with E-state index >= 15 is 0 Å². The molecule has 9 nitrogen and oxygen atoms in total. The second-order valence-electron chi connectivity index (χ2n) is 4.49. The minimum absolute atomic E-state index is 0.0573. The van der Waals surface area contributed by atoms with Crippen molar-refractivity contribution in [2.24, 2.45) is 0 Å². The van der Waals surface area contributed by atoms with Gasteiger partial charge in [0.15, 0.2) is 12.0 Å². The van der Waals surface area contributed by atoms with E-state index in [-0.39, 0.29) is 5.82 Å². The third kappa shape index (κ3) is 2.22. The van der Waals surface area contributed by atoms with Gasteiger partial charge in [-0.15, -0.1) is 0 Å². The van der Waals surface area contributed by atoms with Crippen molar-refractivity contribution in [1.29, 1.82) is 0 Å². The molecule has 0 bridgehead atoms. The Morgan fingerprint density at radius 2 is 2.32 bits per heavy atom. The monoisotopic (exact) mass is 273 g/mol. The number of aliphatic hydroxyl groups is 3. The number of hydrogen-bond acceptors (Lipinski definition) is 8. The van der Waals surface area contributed by atoms with Crippen LogP contribution < -0.4 is 11.2 Å². The lowest BCUT2D eigenvalue weighted by molar-refractivity contribution is -0.0987. The first kappa shape index (κ1) is 13.9. The highest BCUT2D eigenvalue weighted by molar-refractivity contribution is 5.28. The van der Waals surface area contributed by atoms with Gasteiger partial charge in [-0.25, -0.2) is 4.79 Å². The molecule has 1 aromatic heterocycles. The second kappa shape index (κ2) is 4.87.